The van der Waals surface area contributed by atoms with Crippen molar-refractivity contribution in [2.24, 2.45) is 0 Å². The quantitative estimate of drug-likeness (QED) is 0.845. The van der Waals surface area contributed by atoms with Crippen LogP contribution in [0.5, 0.6) is 0 Å². The molecule has 1 aromatic heterocycles. The molecule has 4 heteroatoms. The lowest BCUT2D eigenvalue weighted by Crippen LogP contribution is -2.08. The average molecular weight is 319 g/mol. The molecule has 0 bridgehead atoms. The maximum absolute atomic E-state index is 4.57. The van der Waals surface area contributed by atoms with E-state index < -0.39 is 0 Å². The predicted molar refractivity (Wildman–Crippen MR) is 72.2 cm³/mol. The summed E-state index contributed by atoms with van der Waals surface area (Å²) >= 11 is 2.26. The van der Waals surface area contributed by atoms with Gasteiger partial charge in [-0.25, -0.2) is 9.97 Å². The van der Waals surface area contributed by atoms with Crippen LogP contribution in [0.4, 0.5) is 5.82 Å². The topological polar surface area (TPSA) is 37.8 Å². The minimum Gasteiger partial charge on any atom is -0.369 e. The summed E-state index contributed by atoms with van der Waals surface area (Å²) in [6.45, 7) is 7.34. The van der Waals surface area contributed by atoms with Gasteiger partial charge in [0.05, 0.1) is 3.57 Å². The number of anilines is 1. The van der Waals surface area contributed by atoms with Crippen molar-refractivity contribution in [1.82, 2.24) is 9.97 Å². The molecular weight excluding hydrogens is 301 g/mol. The molecule has 0 saturated carbocycles. The van der Waals surface area contributed by atoms with Crippen molar-refractivity contribution in [3.05, 3.63) is 15.6 Å². The maximum Gasteiger partial charge on any atom is 0.143 e. The van der Waals surface area contributed by atoms with E-state index in [2.05, 4.69) is 58.6 Å². The van der Waals surface area contributed by atoms with Gasteiger partial charge in [0.15, 0.2) is 0 Å². The van der Waals surface area contributed by atoms with Crippen molar-refractivity contribution < 1.29 is 0 Å². The van der Waals surface area contributed by atoms with Gasteiger partial charge in [-0.05, 0) is 42.4 Å². The molecule has 0 aromatic carbocycles. The van der Waals surface area contributed by atoms with E-state index >= 15 is 0 Å². The molecule has 1 heterocycles. The van der Waals surface area contributed by atoms with Gasteiger partial charge < -0.3 is 5.32 Å². The summed E-state index contributed by atoms with van der Waals surface area (Å²) in [5.74, 6) is 2.42. The molecule has 15 heavy (non-hydrogen) atoms. The highest BCUT2D eigenvalue weighted by Crippen LogP contribution is 2.22. The summed E-state index contributed by atoms with van der Waals surface area (Å²) in [4.78, 5) is 8.98. The lowest BCUT2D eigenvalue weighted by molar-refractivity contribution is 0.602. The van der Waals surface area contributed by atoms with Crippen LogP contribution in [0.1, 0.15) is 45.4 Å². The molecule has 0 aliphatic heterocycles. The lowest BCUT2D eigenvalue weighted by atomic mass is 10.0. The Labute approximate surface area is 105 Å². The zero-order chi connectivity index (χ0) is 11.3. The number of rotatable bonds is 5. The Bertz CT molecular complexity index is 311. The first kappa shape index (κ1) is 12.7. The second kappa shape index (κ2) is 6.25. The van der Waals surface area contributed by atoms with Crippen LogP contribution in [-0.2, 0) is 0 Å². The van der Waals surface area contributed by atoms with Crippen LogP contribution in [0.2, 0.25) is 0 Å². The number of halogens is 1. The second-order valence-electron chi connectivity index (χ2n) is 3.47. The minimum absolute atomic E-state index is 0.486. The van der Waals surface area contributed by atoms with E-state index in [4.69, 9.17) is 0 Å². The third kappa shape index (κ3) is 3.29. The van der Waals surface area contributed by atoms with E-state index in [9.17, 15) is 0 Å². The van der Waals surface area contributed by atoms with Crippen molar-refractivity contribution in [3.63, 3.8) is 0 Å². The zero-order valence-corrected chi connectivity index (χ0v) is 11.7. The van der Waals surface area contributed by atoms with E-state index in [1.807, 2.05) is 6.20 Å². The molecule has 0 unspecified atom stereocenters. The van der Waals surface area contributed by atoms with Crippen LogP contribution in [0.3, 0.4) is 0 Å². The molecule has 0 atom stereocenters. The SMILES string of the molecule is CCNc1nc(C(CC)CC)ncc1I. The summed E-state index contributed by atoms with van der Waals surface area (Å²) < 4.78 is 1.09. The first-order valence-corrected chi connectivity index (χ1v) is 6.57. The van der Waals surface area contributed by atoms with Gasteiger partial charge in [-0.15, -0.1) is 0 Å². The van der Waals surface area contributed by atoms with E-state index in [1.165, 1.54) is 0 Å². The van der Waals surface area contributed by atoms with Gasteiger partial charge in [-0.3, -0.25) is 0 Å². The monoisotopic (exact) mass is 319 g/mol. The molecule has 0 spiro atoms. The van der Waals surface area contributed by atoms with Gasteiger partial charge in [-0.2, -0.15) is 0 Å². The van der Waals surface area contributed by atoms with Crippen LogP contribution in [-0.4, -0.2) is 16.5 Å². The molecule has 0 aliphatic carbocycles. The largest absolute Gasteiger partial charge is 0.369 e. The Morgan fingerprint density at radius 2 is 2.00 bits per heavy atom. The summed E-state index contributed by atoms with van der Waals surface area (Å²) in [6.07, 6.45) is 4.10. The summed E-state index contributed by atoms with van der Waals surface area (Å²) in [5, 5.41) is 3.26. The van der Waals surface area contributed by atoms with E-state index in [0.29, 0.717) is 5.92 Å². The Balaban J connectivity index is 2.95. The molecular formula is C11H18IN3. The first-order chi connectivity index (χ1) is 7.22. The average Bonchev–Trinajstić information content (AvgIpc) is 2.25. The summed E-state index contributed by atoms with van der Waals surface area (Å²) in [6, 6.07) is 0. The predicted octanol–water partition coefficient (Wildman–Crippen LogP) is 3.42. The van der Waals surface area contributed by atoms with Crippen LogP contribution in [0, 0.1) is 3.57 Å². The zero-order valence-electron chi connectivity index (χ0n) is 9.55. The van der Waals surface area contributed by atoms with E-state index in [-0.39, 0.29) is 0 Å². The smallest absolute Gasteiger partial charge is 0.143 e. The molecule has 84 valence electrons. The Morgan fingerprint density at radius 1 is 1.33 bits per heavy atom. The van der Waals surface area contributed by atoms with Gasteiger partial charge >= 0.3 is 0 Å². The van der Waals surface area contributed by atoms with Crippen molar-refractivity contribution >= 4 is 28.4 Å². The molecule has 1 rings (SSSR count). The van der Waals surface area contributed by atoms with Gasteiger partial charge in [-0.1, -0.05) is 13.8 Å². The molecule has 1 aromatic rings. The maximum atomic E-state index is 4.57. The van der Waals surface area contributed by atoms with Crippen molar-refractivity contribution in [2.75, 3.05) is 11.9 Å². The van der Waals surface area contributed by atoms with E-state index in [0.717, 1.165) is 34.6 Å². The second-order valence-corrected chi connectivity index (χ2v) is 4.63. The Morgan fingerprint density at radius 3 is 2.53 bits per heavy atom. The van der Waals surface area contributed by atoms with Crippen LogP contribution in [0.15, 0.2) is 6.20 Å². The van der Waals surface area contributed by atoms with Crippen molar-refractivity contribution in [1.29, 1.82) is 0 Å². The van der Waals surface area contributed by atoms with Crippen molar-refractivity contribution in [3.8, 4) is 0 Å². The number of hydrogen-bond acceptors (Lipinski definition) is 3. The number of hydrogen-bond donors (Lipinski definition) is 1. The highest BCUT2D eigenvalue weighted by atomic mass is 127. The standard InChI is InChI=1S/C11H18IN3/c1-4-8(5-2)10-14-7-9(12)11(15-10)13-6-3/h7-8H,4-6H2,1-3H3,(H,13,14,15). The van der Waals surface area contributed by atoms with Crippen molar-refractivity contribution in [2.45, 2.75) is 39.5 Å². The van der Waals surface area contributed by atoms with Crippen LogP contribution >= 0.6 is 22.6 Å². The normalized spacial score (nSPS) is 10.7. The molecule has 1 N–H and O–H groups in total. The Kier molecular flexibility index (Phi) is 5.28. The van der Waals surface area contributed by atoms with Gasteiger partial charge in [0.2, 0.25) is 0 Å². The lowest BCUT2D eigenvalue weighted by Gasteiger charge is -2.13. The third-order valence-corrected chi connectivity index (χ3v) is 3.25. The molecule has 0 aliphatic rings. The fourth-order valence-corrected chi connectivity index (χ4v) is 1.97. The third-order valence-electron chi connectivity index (χ3n) is 2.46. The summed E-state index contributed by atoms with van der Waals surface area (Å²) in [7, 11) is 0. The van der Waals surface area contributed by atoms with Gasteiger partial charge in [0.1, 0.15) is 11.6 Å². The summed E-state index contributed by atoms with van der Waals surface area (Å²) in [5.41, 5.74) is 0. The van der Waals surface area contributed by atoms with Gasteiger partial charge in [0.25, 0.3) is 0 Å². The molecule has 0 saturated heterocycles. The van der Waals surface area contributed by atoms with Crippen LogP contribution < -0.4 is 5.32 Å². The van der Waals surface area contributed by atoms with Gasteiger partial charge in [0, 0.05) is 18.7 Å². The highest BCUT2D eigenvalue weighted by Gasteiger charge is 2.12. The minimum atomic E-state index is 0.486. The number of nitrogens with one attached hydrogen (secondary N) is 1. The van der Waals surface area contributed by atoms with E-state index in [1.54, 1.807) is 0 Å². The Hall–Kier alpha value is -0.390. The fourth-order valence-electron chi connectivity index (χ4n) is 1.52. The molecule has 0 radical (unpaired) electrons. The molecule has 0 fully saturated rings. The highest BCUT2D eigenvalue weighted by molar-refractivity contribution is 14.1. The fraction of sp³-hybridized carbons (Fsp3) is 0.636. The molecule has 0 amide bonds. The molecule has 3 nitrogen and oxygen atoms in total. The number of nitrogens with zero attached hydrogens (tertiary/aromatic N) is 2. The first-order valence-electron chi connectivity index (χ1n) is 5.49. The van der Waals surface area contributed by atoms with Crippen LogP contribution in [0.25, 0.3) is 0 Å². The number of aromatic nitrogens is 2.